The summed E-state index contributed by atoms with van der Waals surface area (Å²) in [6.45, 7) is 0.891. The van der Waals surface area contributed by atoms with E-state index in [0.29, 0.717) is 25.8 Å². The van der Waals surface area contributed by atoms with Crippen LogP contribution in [0.2, 0.25) is 5.15 Å². The minimum atomic E-state index is -0.656. The van der Waals surface area contributed by atoms with Gasteiger partial charge in [-0.25, -0.2) is 9.97 Å². The van der Waals surface area contributed by atoms with E-state index in [4.69, 9.17) is 39.9 Å². The average Bonchev–Trinajstić information content (AvgIpc) is 2.74. The maximum absolute atomic E-state index is 12.7. The summed E-state index contributed by atoms with van der Waals surface area (Å²) in [5, 5.41) is 10.8. The van der Waals surface area contributed by atoms with Crippen LogP contribution >= 0.6 is 11.6 Å². The molecule has 0 saturated heterocycles. The second-order valence-corrected chi connectivity index (χ2v) is 7.48. The highest BCUT2D eigenvalue weighted by molar-refractivity contribution is 6.31. The lowest BCUT2D eigenvalue weighted by Crippen LogP contribution is -2.42. The van der Waals surface area contributed by atoms with Gasteiger partial charge in [0.2, 0.25) is 5.91 Å². The first kappa shape index (κ1) is 24.7. The number of anilines is 3. The molecule has 0 saturated carbocycles. The van der Waals surface area contributed by atoms with Crippen molar-refractivity contribution in [3.63, 3.8) is 0 Å². The summed E-state index contributed by atoms with van der Waals surface area (Å²) in [5.74, 6) is -1.64. The van der Waals surface area contributed by atoms with Gasteiger partial charge in [-0.1, -0.05) is 23.7 Å². The number of amides is 2. The standard InChI is InChI=1S/C20H28ClN9O2/c21-16-18(24)29-17(23)15(28-16)19(32)30(20(25)26)11-2-1-4-12-6-8-13(9-7-12)27-10-3-5-14(22)31/h6-9,27H,1-5,10-11H2,(H2,22,31)(H3,25,26)(H4,23,24,29). The second-order valence-electron chi connectivity index (χ2n) is 7.13. The maximum atomic E-state index is 12.7. The number of halogens is 1. The molecule has 10 N–H and O–H groups in total. The van der Waals surface area contributed by atoms with Gasteiger partial charge in [0.05, 0.1) is 0 Å². The first-order chi connectivity index (χ1) is 15.2. The molecule has 2 amide bonds. The van der Waals surface area contributed by atoms with E-state index in [9.17, 15) is 9.59 Å². The number of unbranched alkanes of at least 4 members (excludes halogenated alkanes) is 1. The molecule has 0 unspecified atom stereocenters. The Hall–Kier alpha value is -3.60. The summed E-state index contributed by atoms with van der Waals surface area (Å²) in [5.41, 5.74) is 23.9. The van der Waals surface area contributed by atoms with Gasteiger partial charge in [-0.2, -0.15) is 0 Å². The summed E-state index contributed by atoms with van der Waals surface area (Å²) < 4.78 is 0. The minimum Gasteiger partial charge on any atom is -0.385 e. The van der Waals surface area contributed by atoms with Crippen molar-refractivity contribution in [1.82, 2.24) is 14.9 Å². The third-order valence-corrected chi connectivity index (χ3v) is 4.90. The first-order valence-corrected chi connectivity index (χ1v) is 10.4. The highest BCUT2D eigenvalue weighted by Crippen LogP contribution is 2.19. The number of rotatable bonds is 11. The lowest BCUT2D eigenvalue weighted by molar-refractivity contribution is -0.118. The number of carbonyl (C=O) groups excluding carboxylic acids is 2. The number of guanidine groups is 1. The fourth-order valence-electron chi connectivity index (χ4n) is 2.94. The number of hydrogen-bond donors (Lipinski definition) is 6. The summed E-state index contributed by atoms with van der Waals surface area (Å²) in [6.07, 6.45) is 3.20. The molecule has 0 radical (unpaired) electrons. The molecular formula is C20H28ClN9O2. The van der Waals surface area contributed by atoms with Gasteiger partial charge in [0.1, 0.15) is 0 Å². The predicted octanol–water partition coefficient (Wildman–Crippen LogP) is 1.33. The highest BCUT2D eigenvalue weighted by atomic mass is 35.5. The van der Waals surface area contributed by atoms with Gasteiger partial charge in [-0.05, 0) is 43.4 Å². The number of carbonyl (C=O) groups is 2. The van der Waals surface area contributed by atoms with E-state index in [1.807, 2.05) is 24.3 Å². The molecule has 2 aromatic rings. The number of aromatic nitrogens is 2. The van der Waals surface area contributed by atoms with Crippen molar-refractivity contribution in [2.45, 2.75) is 32.1 Å². The summed E-state index contributed by atoms with van der Waals surface area (Å²) in [4.78, 5) is 32.2. The lowest BCUT2D eigenvalue weighted by Gasteiger charge is -2.20. The number of primary amides is 1. The molecule has 0 aliphatic carbocycles. The Labute approximate surface area is 191 Å². The number of hydrogen-bond acceptors (Lipinski definition) is 8. The number of nitrogen functional groups attached to an aromatic ring is 2. The van der Waals surface area contributed by atoms with Crippen molar-refractivity contribution in [2.75, 3.05) is 29.9 Å². The number of nitrogens with one attached hydrogen (secondary N) is 2. The van der Waals surface area contributed by atoms with E-state index in [1.165, 1.54) is 0 Å². The van der Waals surface area contributed by atoms with Crippen LogP contribution in [-0.4, -0.2) is 45.7 Å². The van der Waals surface area contributed by atoms with Crippen LogP contribution in [-0.2, 0) is 11.2 Å². The molecule has 0 aliphatic rings. The molecular weight excluding hydrogens is 434 g/mol. The Morgan fingerprint density at radius 3 is 2.34 bits per heavy atom. The maximum Gasteiger partial charge on any atom is 0.283 e. The number of nitrogens with zero attached hydrogens (tertiary/aromatic N) is 3. The third-order valence-electron chi connectivity index (χ3n) is 4.62. The van der Waals surface area contributed by atoms with Crippen LogP contribution < -0.4 is 28.3 Å². The summed E-state index contributed by atoms with van der Waals surface area (Å²) >= 11 is 5.83. The number of aryl methyl sites for hydroxylation is 1. The van der Waals surface area contributed by atoms with Crippen LogP contribution in [0.3, 0.4) is 0 Å². The zero-order chi connectivity index (χ0) is 23.7. The van der Waals surface area contributed by atoms with Crippen molar-refractivity contribution < 1.29 is 9.59 Å². The number of nitrogens with two attached hydrogens (primary N) is 4. The average molecular weight is 462 g/mol. The fourth-order valence-corrected chi connectivity index (χ4v) is 3.07. The van der Waals surface area contributed by atoms with E-state index in [-0.39, 0.29) is 34.9 Å². The van der Waals surface area contributed by atoms with Gasteiger partial charge < -0.3 is 28.3 Å². The van der Waals surface area contributed by atoms with Crippen molar-refractivity contribution in [2.24, 2.45) is 11.5 Å². The van der Waals surface area contributed by atoms with E-state index in [2.05, 4.69) is 15.3 Å². The van der Waals surface area contributed by atoms with E-state index in [1.54, 1.807) is 0 Å². The van der Waals surface area contributed by atoms with E-state index in [0.717, 1.165) is 29.0 Å². The van der Waals surface area contributed by atoms with Gasteiger partial charge in [-0.3, -0.25) is 19.9 Å². The van der Waals surface area contributed by atoms with E-state index < -0.39 is 11.9 Å². The Morgan fingerprint density at radius 2 is 1.72 bits per heavy atom. The normalized spacial score (nSPS) is 10.5. The molecule has 0 fully saturated rings. The zero-order valence-electron chi connectivity index (χ0n) is 17.6. The van der Waals surface area contributed by atoms with Gasteiger partial charge in [0.25, 0.3) is 5.91 Å². The highest BCUT2D eigenvalue weighted by Gasteiger charge is 2.23. The SMILES string of the molecule is N=C(N)N(CCCCc1ccc(NCCCC(N)=O)cc1)C(=O)c1nc(Cl)c(N)nc1N. The monoisotopic (exact) mass is 461 g/mol. The Bertz CT molecular complexity index is 966. The van der Waals surface area contributed by atoms with Crippen LogP contribution in [0.4, 0.5) is 17.3 Å². The second kappa shape index (κ2) is 11.7. The van der Waals surface area contributed by atoms with Crippen LogP contribution in [0, 0.1) is 5.41 Å². The zero-order valence-corrected chi connectivity index (χ0v) is 18.4. The van der Waals surface area contributed by atoms with Gasteiger partial charge in [-0.15, -0.1) is 0 Å². The first-order valence-electron chi connectivity index (χ1n) is 10.0. The van der Waals surface area contributed by atoms with Gasteiger partial charge in [0.15, 0.2) is 28.4 Å². The Kier molecular flexibility index (Phi) is 9.02. The summed E-state index contributed by atoms with van der Waals surface area (Å²) in [7, 11) is 0. The molecule has 0 atom stereocenters. The van der Waals surface area contributed by atoms with E-state index >= 15 is 0 Å². The Balaban J connectivity index is 1.84. The van der Waals surface area contributed by atoms with Crippen LogP contribution in [0.1, 0.15) is 41.7 Å². The minimum absolute atomic E-state index is 0.0815. The molecule has 1 aromatic heterocycles. The smallest absolute Gasteiger partial charge is 0.283 e. The third kappa shape index (κ3) is 7.27. The Morgan fingerprint density at radius 1 is 1.03 bits per heavy atom. The quantitative estimate of drug-likeness (QED) is 0.163. The van der Waals surface area contributed by atoms with Crippen LogP contribution in [0.15, 0.2) is 24.3 Å². The topological polar surface area (TPSA) is 203 Å². The van der Waals surface area contributed by atoms with Gasteiger partial charge in [0, 0.05) is 25.2 Å². The molecule has 0 aliphatic heterocycles. The molecule has 2 rings (SSSR count). The largest absolute Gasteiger partial charge is 0.385 e. The molecule has 1 aromatic carbocycles. The molecule has 0 spiro atoms. The van der Waals surface area contributed by atoms with Crippen LogP contribution in [0.5, 0.6) is 0 Å². The molecule has 32 heavy (non-hydrogen) atoms. The van der Waals surface area contributed by atoms with Crippen molar-refractivity contribution >= 4 is 46.7 Å². The molecule has 1 heterocycles. The fraction of sp³-hybridized carbons (Fsp3) is 0.350. The molecule has 12 heteroatoms. The molecule has 11 nitrogen and oxygen atoms in total. The summed E-state index contributed by atoms with van der Waals surface area (Å²) in [6, 6.07) is 7.96. The molecule has 172 valence electrons. The van der Waals surface area contributed by atoms with Gasteiger partial charge >= 0.3 is 0 Å². The predicted molar refractivity (Wildman–Crippen MR) is 125 cm³/mol. The lowest BCUT2D eigenvalue weighted by atomic mass is 10.1. The molecule has 0 bridgehead atoms. The van der Waals surface area contributed by atoms with Crippen molar-refractivity contribution in [3.05, 3.63) is 40.7 Å². The number of benzene rings is 1. The van der Waals surface area contributed by atoms with Crippen molar-refractivity contribution in [1.29, 1.82) is 5.41 Å². The van der Waals surface area contributed by atoms with Crippen molar-refractivity contribution in [3.8, 4) is 0 Å². The van der Waals surface area contributed by atoms with Crippen LogP contribution in [0.25, 0.3) is 0 Å².